The fourth-order valence-corrected chi connectivity index (χ4v) is 3.84. The molecule has 1 saturated carbocycles. The molecular formula is C20H27NO2. The van der Waals surface area contributed by atoms with Crippen LogP contribution in [0.15, 0.2) is 30.3 Å². The van der Waals surface area contributed by atoms with Crippen LogP contribution in [0, 0.1) is 12.3 Å². The highest BCUT2D eigenvalue weighted by atomic mass is 16.6. The van der Waals surface area contributed by atoms with E-state index >= 15 is 0 Å². The highest BCUT2D eigenvalue weighted by Crippen LogP contribution is 2.54. The van der Waals surface area contributed by atoms with Gasteiger partial charge < -0.3 is 10.5 Å². The lowest BCUT2D eigenvalue weighted by atomic mass is 9.57. The van der Waals surface area contributed by atoms with Crippen molar-refractivity contribution in [3.63, 3.8) is 0 Å². The molecule has 2 bridgehead atoms. The molecule has 23 heavy (non-hydrogen) atoms. The second-order valence-corrected chi connectivity index (χ2v) is 8.19. The maximum Gasteiger partial charge on any atom is 0.316 e. The van der Waals surface area contributed by atoms with Gasteiger partial charge in [-0.15, -0.1) is 0 Å². The van der Waals surface area contributed by atoms with Crippen molar-refractivity contribution in [1.29, 1.82) is 0 Å². The van der Waals surface area contributed by atoms with E-state index in [9.17, 15) is 4.79 Å². The van der Waals surface area contributed by atoms with Crippen LogP contribution in [0.1, 0.15) is 57.6 Å². The molecule has 124 valence electrons. The van der Waals surface area contributed by atoms with E-state index in [1.54, 1.807) is 0 Å². The summed E-state index contributed by atoms with van der Waals surface area (Å²) in [5, 5.41) is 0. The Morgan fingerprint density at radius 1 is 1.13 bits per heavy atom. The van der Waals surface area contributed by atoms with E-state index in [1.807, 2.05) is 32.9 Å². The largest absolute Gasteiger partial charge is 0.459 e. The van der Waals surface area contributed by atoms with Gasteiger partial charge in [0.25, 0.3) is 0 Å². The van der Waals surface area contributed by atoms with Crippen molar-refractivity contribution < 1.29 is 9.53 Å². The number of hydrogen-bond acceptors (Lipinski definition) is 3. The molecule has 2 N–H and O–H groups in total. The van der Waals surface area contributed by atoms with Crippen LogP contribution in [0.4, 0.5) is 0 Å². The Balaban J connectivity index is 2.04. The first-order chi connectivity index (χ1) is 10.7. The molecule has 0 amide bonds. The second-order valence-electron chi connectivity index (χ2n) is 8.19. The molecule has 0 aromatic heterocycles. The van der Waals surface area contributed by atoms with Gasteiger partial charge in [0.1, 0.15) is 5.60 Å². The first kappa shape index (κ1) is 16.3. The molecule has 1 fully saturated rings. The van der Waals surface area contributed by atoms with Crippen LogP contribution in [-0.2, 0) is 9.53 Å². The Bertz CT molecular complexity index is 658. The summed E-state index contributed by atoms with van der Waals surface area (Å²) in [6.07, 6.45) is 5.37. The molecule has 0 unspecified atom stereocenters. The monoisotopic (exact) mass is 313 g/mol. The summed E-state index contributed by atoms with van der Waals surface area (Å²) in [7, 11) is 0. The summed E-state index contributed by atoms with van der Waals surface area (Å²) in [5.41, 5.74) is 8.93. The molecule has 3 heteroatoms. The number of esters is 1. The molecule has 0 heterocycles. The van der Waals surface area contributed by atoms with E-state index in [-0.39, 0.29) is 11.5 Å². The van der Waals surface area contributed by atoms with E-state index in [1.165, 1.54) is 11.1 Å². The second kappa shape index (κ2) is 5.20. The fraction of sp³-hybridized carbons (Fsp3) is 0.550. The number of carbonyl (C=O) groups excluding carboxylic acids is 1. The van der Waals surface area contributed by atoms with Crippen LogP contribution in [-0.4, -0.2) is 17.1 Å². The van der Waals surface area contributed by atoms with E-state index < -0.39 is 11.0 Å². The lowest BCUT2D eigenvalue weighted by Crippen LogP contribution is -2.54. The summed E-state index contributed by atoms with van der Waals surface area (Å²) in [5.74, 6) is -0.0992. The van der Waals surface area contributed by atoms with Crippen molar-refractivity contribution in [2.45, 2.75) is 64.5 Å². The zero-order valence-electron chi connectivity index (χ0n) is 14.6. The first-order valence-corrected chi connectivity index (χ1v) is 8.47. The molecule has 0 saturated heterocycles. The highest BCUT2D eigenvalue weighted by molar-refractivity contribution is 5.88. The third kappa shape index (κ3) is 2.83. The molecule has 1 aromatic carbocycles. The van der Waals surface area contributed by atoms with Gasteiger partial charge in [-0.25, -0.2) is 0 Å². The van der Waals surface area contributed by atoms with Crippen molar-refractivity contribution in [3.05, 3.63) is 41.5 Å². The van der Waals surface area contributed by atoms with Gasteiger partial charge in [-0.1, -0.05) is 30.3 Å². The quantitative estimate of drug-likeness (QED) is 0.840. The molecule has 3 aliphatic carbocycles. The van der Waals surface area contributed by atoms with Crippen LogP contribution < -0.4 is 5.73 Å². The molecule has 0 spiro atoms. The molecule has 0 radical (unpaired) electrons. The lowest BCUT2D eigenvalue weighted by molar-refractivity contribution is -0.167. The van der Waals surface area contributed by atoms with Crippen molar-refractivity contribution in [2.24, 2.45) is 11.1 Å². The molecule has 3 aliphatic rings. The van der Waals surface area contributed by atoms with Crippen molar-refractivity contribution >= 4 is 11.5 Å². The van der Waals surface area contributed by atoms with Crippen LogP contribution >= 0.6 is 0 Å². The van der Waals surface area contributed by atoms with Crippen molar-refractivity contribution in [2.75, 3.05) is 0 Å². The topological polar surface area (TPSA) is 52.3 Å². The standard InChI is InChI=1S/C20H27NO2/c1-14-7-5-6-8-15(14)16-13-19(17(22)23-18(2,3)4)9-11-20(16,21)12-10-19/h5-8,13H,9-12,21H2,1-4H3. The maximum absolute atomic E-state index is 12.8. The van der Waals surface area contributed by atoms with Gasteiger partial charge in [0.05, 0.1) is 5.41 Å². The number of nitrogens with two attached hydrogens (primary N) is 1. The summed E-state index contributed by atoms with van der Waals surface area (Å²) < 4.78 is 5.72. The van der Waals surface area contributed by atoms with Gasteiger partial charge in [0.2, 0.25) is 0 Å². The summed E-state index contributed by atoms with van der Waals surface area (Å²) in [6, 6.07) is 8.28. The average Bonchev–Trinajstić information content (AvgIpc) is 2.47. The van der Waals surface area contributed by atoms with Crippen molar-refractivity contribution in [1.82, 2.24) is 0 Å². The zero-order chi connectivity index (χ0) is 16.9. The van der Waals surface area contributed by atoms with Crippen molar-refractivity contribution in [3.8, 4) is 0 Å². The Morgan fingerprint density at radius 2 is 1.74 bits per heavy atom. The molecule has 3 nitrogen and oxygen atoms in total. The minimum atomic E-state index is -0.508. The Morgan fingerprint density at radius 3 is 2.30 bits per heavy atom. The predicted octanol–water partition coefficient (Wildman–Crippen LogP) is 3.99. The number of hydrogen-bond donors (Lipinski definition) is 1. The van der Waals surface area contributed by atoms with E-state index in [4.69, 9.17) is 10.5 Å². The zero-order valence-corrected chi connectivity index (χ0v) is 14.6. The number of rotatable bonds is 2. The number of carbonyl (C=O) groups is 1. The third-order valence-corrected chi connectivity index (χ3v) is 5.23. The van der Waals surface area contributed by atoms with Crippen LogP contribution in [0.5, 0.6) is 0 Å². The number of fused-ring (bicyclic) bond motifs is 2. The Labute approximate surface area is 138 Å². The maximum atomic E-state index is 12.8. The minimum Gasteiger partial charge on any atom is -0.459 e. The van der Waals surface area contributed by atoms with Gasteiger partial charge in [0.15, 0.2) is 0 Å². The van der Waals surface area contributed by atoms with Crippen LogP contribution in [0.2, 0.25) is 0 Å². The van der Waals surface area contributed by atoms with E-state index in [0.29, 0.717) is 0 Å². The fourth-order valence-electron chi connectivity index (χ4n) is 3.84. The van der Waals surface area contributed by atoms with Gasteiger partial charge in [0, 0.05) is 5.54 Å². The third-order valence-electron chi connectivity index (χ3n) is 5.23. The minimum absolute atomic E-state index is 0.0992. The number of aryl methyl sites for hydroxylation is 1. The van der Waals surface area contributed by atoms with E-state index in [0.717, 1.165) is 31.3 Å². The van der Waals surface area contributed by atoms with Gasteiger partial charge >= 0.3 is 5.97 Å². The lowest BCUT2D eigenvalue weighted by Gasteiger charge is -2.50. The molecule has 0 aliphatic heterocycles. The molecule has 0 atom stereocenters. The van der Waals surface area contributed by atoms with Gasteiger partial charge in [-0.05, 0) is 70.1 Å². The first-order valence-electron chi connectivity index (χ1n) is 8.47. The highest BCUT2D eigenvalue weighted by Gasteiger charge is 2.52. The molecular weight excluding hydrogens is 286 g/mol. The summed E-state index contributed by atoms with van der Waals surface area (Å²) >= 11 is 0. The Kier molecular flexibility index (Phi) is 3.68. The smallest absolute Gasteiger partial charge is 0.316 e. The average molecular weight is 313 g/mol. The van der Waals surface area contributed by atoms with Gasteiger partial charge in [-0.3, -0.25) is 4.79 Å². The van der Waals surface area contributed by atoms with Crippen LogP contribution in [0.3, 0.4) is 0 Å². The number of ether oxygens (including phenoxy) is 1. The summed E-state index contributed by atoms with van der Waals surface area (Å²) in [6.45, 7) is 7.87. The number of benzene rings is 1. The predicted molar refractivity (Wildman–Crippen MR) is 92.8 cm³/mol. The SMILES string of the molecule is Cc1ccccc1C1=CC2(C(=O)OC(C)(C)C)CCC1(N)CC2. The molecule has 1 aromatic rings. The molecule has 4 rings (SSSR count). The Hall–Kier alpha value is -1.61. The van der Waals surface area contributed by atoms with Crippen LogP contribution in [0.25, 0.3) is 5.57 Å². The van der Waals surface area contributed by atoms with Gasteiger partial charge in [-0.2, -0.15) is 0 Å². The normalized spacial score (nSPS) is 30.0. The summed E-state index contributed by atoms with van der Waals surface area (Å²) in [4.78, 5) is 12.8. The van der Waals surface area contributed by atoms with E-state index in [2.05, 4.69) is 25.1 Å².